The van der Waals surface area contributed by atoms with Crippen molar-refractivity contribution in [3.8, 4) is 11.1 Å². The topological polar surface area (TPSA) is 9.72 Å². The number of rotatable bonds is 5. The fraction of sp³-hybridized carbons (Fsp3) is 0.405. The quantitative estimate of drug-likeness (QED) is 0.128. The van der Waals surface area contributed by atoms with Crippen molar-refractivity contribution in [3.63, 3.8) is 0 Å². The first-order valence-corrected chi connectivity index (χ1v) is 29.8. The van der Waals surface area contributed by atoms with Crippen LogP contribution in [0.25, 0.3) is 16.7 Å². The van der Waals surface area contributed by atoms with Crippen molar-refractivity contribution in [2.24, 2.45) is 23.7 Å². The highest BCUT2D eigenvalue weighted by molar-refractivity contribution is 6.94. The Bertz CT molecular complexity index is 3470. The third-order valence-corrected chi connectivity index (χ3v) is 18.7. The summed E-state index contributed by atoms with van der Waals surface area (Å²) in [7, 11) is 0. The fourth-order valence-electron chi connectivity index (χ4n) is 14.3. The number of fused-ring (bicyclic) bond motifs is 6. The van der Waals surface area contributed by atoms with Gasteiger partial charge in [-0.3, -0.25) is 0 Å². The van der Waals surface area contributed by atoms with Gasteiger partial charge in [-0.05, 0) is 151 Å². The maximum atomic E-state index is 2.99. The normalized spacial score (nSPS) is 23.9. The van der Waals surface area contributed by atoms with Gasteiger partial charge >= 0.3 is 0 Å². The van der Waals surface area contributed by atoms with Crippen molar-refractivity contribution in [3.05, 3.63) is 213 Å². The summed E-state index contributed by atoms with van der Waals surface area (Å²) in [6.07, 6.45) is 22.2. The highest BCUT2D eigenvalue weighted by atomic mass is 15.3. The lowest BCUT2D eigenvalue weighted by atomic mass is 9.31. The Labute approximate surface area is 470 Å². The van der Waals surface area contributed by atoms with E-state index in [1.54, 1.807) is 11.3 Å². The molecule has 400 valence electrons. The van der Waals surface area contributed by atoms with Crippen LogP contribution in [-0.4, -0.2) is 23.7 Å². The monoisotopic (exact) mass is 1030 g/mol. The summed E-state index contributed by atoms with van der Waals surface area (Å²) in [5.74, 6) is 1.81. The lowest BCUT2D eigenvalue weighted by Gasteiger charge is -2.52. The number of hydrogen-bond acceptors (Lipinski definition) is 3. The van der Waals surface area contributed by atoms with Gasteiger partial charge in [0.25, 0.3) is 6.71 Å². The summed E-state index contributed by atoms with van der Waals surface area (Å²) in [6, 6.07) is 42.0. The molecule has 4 heteroatoms. The first-order chi connectivity index (χ1) is 36.8. The van der Waals surface area contributed by atoms with Gasteiger partial charge in [-0.15, -0.1) is 0 Å². The van der Waals surface area contributed by atoms with Gasteiger partial charge in [-0.1, -0.05) is 225 Å². The van der Waals surface area contributed by atoms with Gasteiger partial charge in [-0.2, -0.15) is 0 Å². The minimum atomic E-state index is -0.0494. The lowest BCUT2D eigenvalue weighted by Crippen LogP contribution is -2.59. The summed E-state index contributed by atoms with van der Waals surface area (Å²) in [4.78, 5) is 8.55. The van der Waals surface area contributed by atoms with Crippen LogP contribution >= 0.6 is 0 Å². The Morgan fingerprint density at radius 3 is 1.67 bits per heavy atom. The van der Waals surface area contributed by atoms with Gasteiger partial charge in [0.05, 0.1) is 11.7 Å². The van der Waals surface area contributed by atoms with Gasteiger partial charge < -0.3 is 14.7 Å². The average molecular weight is 1030 g/mol. The van der Waals surface area contributed by atoms with E-state index >= 15 is 0 Å². The zero-order chi connectivity index (χ0) is 55.1. The van der Waals surface area contributed by atoms with Crippen molar-refractivity contribution in [2.75, 3.05) is 9.80 Å². The molecule has 6 atom stereocenters. The molecule has 0 saturated heterocycles. The number of benzene rings is 5. The highest BCUT2D eigenvalue weighted by Gasteiger charge is 2.52. The van der Waals surface area contributed by atoms with E-state index in [-0.39, 0.29) is 34.4 Å². The Kier molecular flexibility index (Phi) is 12.6. The van der Waals surface area contributed by atoms with Crippen LogP contribution in [0.4, 0.5) is 17.1 Å². The van der Waals surface area contributed by atoms with E-state index in [9.17, 15) is 0 Å². The molecule has 7 aliphatic rings. The Balaban J connectivity index is 1.17. The maximum absolute atomic E-state index is 2.99. The Morgan fingerprint density at radius 1 is 0.500 bits per heavy atom. The second kappa shape index (κ2) is 18.7. The Morgan fingerprint density at radius 2 is 1.06 bits per heavy atom. The van der Waals surface area contributed by atoms with Crippen molar-refractivity contribution >= 4 is 40.3 Å². The van der Waals surface area contributed by atoms with Gasteiger partial charge in [0.15, 0.2) is 0 Å². The summed E-state index contributed by atoms with van der Waals surface area (Å²) in [5.41, 5.74) is 27.2. The number of allylic oxidation sites excluding steroid dienone is 8. The molecule has 3 heterocycles. The van der Waals surface area contributed by atoms with E-state index < -0.39 is 0 Å². The molecule has 0 aromatic heterocycles. The maximum Gasteiger partial charge on any atom is 0.251 e. The van der Waals surface area contributed by atoms with Crippen LogP contribution in [-0.2, 0) is 21.7 Å². The van der Waals surface area contributed by atoms with Crippen molar-refractivity contribution in [1.82, 2.24) is 4.90 Å². The number of hydrogen-bond donors (Lipinski definition) is 0. The van der Waals surface area contributed by atoms with Crippen LogP contribution in [0, 0.1) is 30.6 Å². The minimum absolute atomic E-state index is 0.0206. The highest BCUT2D eigenvalue weighted by Crippen LogP contribution is 2.55. The number of anilines is 3. The lowest BCUT2D eigenvalue weighted by molar-refractivity contribution is 0.178. The van der Waals surface area contributed by atoms with Crippen LogP contribution in [0.2, 0.25) is 0 Å². The van der Waals surface area contributed by atoms with Crippen LogP contribution in [0.1, 0.15) is 163 Å². The van der Waals surface area contributed by atoms with Gasteiger partial charge in [-0.25, -0.2) is 0 Å². The van der Waals surface area contributed by atoms with Crippen LogP contribution in [0.3, 0.4) is 0 Å². The largest absolute Gasteiger partial charge is 0.364 e. The molecule has 0 bridgehead atoms. The summed E-state index contributed by atoms with van der Waals surface area (Å²) in [6.45, 7) is 37.8. The van der Waals surface area contributed by atoms with E-state index in [1.807, 2.05) is 0 Å². The van der Waals surface area contributed by atoms with E-state index in [0.29, 0.717) is 29.7 Å². The first kappa shape index (κ1) is 52.4. The fourth-order valence-corrected chi connectivity index (χ4v) is 14.3. The molecule has 3 nitrogen and oxygen atoms in total. The van der Waals surface area contributed by atoms with Crippen molar-refractivity contribution in [2.45, 2.75) is 170 Å². The molecule has 78 heavy (non-hydrogen) atoms. The minimum Gasteiger partial charge on any atom is -0.364 e. The molecule has 0 amide bonds. The van der Waals surface area contributed by atoms with Gasteiger partial charge in [0.2, 0.25) is 0 Å². The van der Waals surface area contributed by atoms with Gasteiger partial charge in [0.1, 0.15) is 0 Å². The summed E-state index contributed by atoms with van der Waals surface area (Å²) in [5, 5.41) is 0. The van der Waals surface area contributed by atoms with Crippen LogP contribution in [0.5, 0.6) is 0 Å². The molecule has 0 spiro atoms. The predicted octanol–water partition coefficient (Wildman–Crippen LogP) is 17.6. The number of nitrogens with zero attached hydrogens (tertiary/aromatic N) is 3. The van der Waals surface area contributed by atoms with Crippen LogP contribution in [0.15, 0.2) is 179 Å². The zero-order valence-corrected chi connectivity index (χ0v) is 50.1. The summed E-state index contributed by atoms with van der Waals surface area (Å²) >= 11 is 0. The molecule has 6 unspecified atom stereocenters. The standard InChI is InChI=1S/C74H86BN3/c1-45-19-33-62(58(37-45)49-21-25-51(26-22-49)71(5,6)7)77-64-35-29-53(73(11,12)13)41-60(64)75-61-42-54(74(14,15)16)30-36-65(61)78(63-34-20-46(2)38-59(63)50-23-27-52(28-24-50)72(8,9)10)69-44-55(43-68(77)70(69)75)76-66-39-47(3)17-31-56(66)57-32-18-48(4)40-67(57)76/h17-19,21-38,41-43,46-48,55-56,66H,20,39-40,44H2,1-16H3. The molecule has 4 aliphatic carbocycles. The molecule has 3 aliphatic heterocycles. The molecular formula is C74H86BN3. The van der Waals surface area contributed by atoms with E-state index in [4.69, 9.17) is 0 Å². The van der Waals surface area contributed by atoms with Crippen LogP contribution < -0.4 is 20.7 Å². The van der Waals surface area contributed by atoms with E-state index in [2.05, 4.69) is 271 Å². The molecule has 0 saturated carbocycles. The molecule has 12 rings (SSSR count). The average Bonchev–Trinajstić information content (AvgIpc) is 3.42. The SMILES string of the molecule is Cc1ccc(N2C3=CC(N4C5=C(C=CC(C)C5)C5C=CC(C)CC54)CC4=C3B(c3cc(C(C)(C)C)ccc3N4C3=CCC(C)C=C3c3ccc(C(C)(C)C)cc3)c3cc(C(C)(C)C)ccc32)c(-c2ccc(C(C)(C)C)cc2)c1. The molecular weight excluding hydrogens is 942 g/mol. The molecule has 5 aromatic rings. The smallest absolute Gasteiger partial charge is 0.251 e. The predicted molar refractivity (Wildman–Crippen MR) is 336 cm³/mol. The molecule has 5 aromatic carbocycles. The molecule has 0 radical (unpaired) electrons. The van der Waals surface area contributed by atoms with Gasteiger partial charge in [0, 0.05) is 63.7 Å². The second-order valence-corrected chi connectivity index (χ2v) is 28.9. The zero-order valence-electron chi connectivity index (χ0n) is 50.1. The van der Waals surface area contributed by atoms with E-state index in [0.717, 1.165) is 25.7 Å². The summed E-state index contributed by atoms with van der Waals surface area (Å²) < 4.78 is 0. The first-order valence-electron chi connectivity index (χ1n) is 29.8. The third-order valence-electron chi connectivity index (χ3n) is 18.7. The van der Waals surface area contributed by atoms with Crippen molar-refractivity contribution in [1.29, 1.82) is 0 Å². The number of aryl methyl sites for hydroxylation is 1. The second-order valence-electron chi connectivity index (χ2n) is 28.9. The molecule has 0 fully saturated rings. The van der Waals surface area contributed by atoms with Crippen molar-refractivity contribution < 1.29 is 0 Å². The molecule has 0 N–H and O–H groups in total. The van der Waals surface area contributed by atoms with E-state index in [1.165, 1.54) is 101 Å². The third kappa shape index (κ3) is 8.96. The Hall–Kier alpha value is -6.26.